The first-order valence-corrected chi connectivity index (χ1v) is 8.75. The molecule has 1 fully saturated rings. The molecule has 1 aliphatic rings. The van der Waals surface area contributed by atoms with Gasteiger partial charge in [-0.15, -0.1) is 0 Å². The lowest BCUT2D eigenvalue weighted by Gasteiger charge is -2.20. The number of rotatable bonds is 9. The van der Waals surface area contributed by atoms with Crippen molar-refractivity contribution in [3.8, 4) is 0 Å². The van der Waals surface area contributed by atoms with Crippen LogP contribution in [0.15, 0.2) is 0 Å². The quantitative estimate of drug-likeness (QED) is 0.501. The number of nitrogens with one attached hydrogen (secondary N) is 1. The third kappa shape index (κ3) is 7.31. The maximum atomic E-state index is 3.80. The van der Waals surface area contributed by atoms with Gasteiger partial charge in [0, 0.05) is 6.04 Å². The standard InChI is InChI=1S/C17H36N2/c1-4-9-16-10-7-11-17(13-12-16)18-14-8-15-19(5-2)6-3/h16-18H,4-15H2,1-3H3. The largest absolute Gasteiger partial charge is 0.314 e. The number of nitrogens with zero attached hydrogens (tertiary/aromatic N) is 1. The zero-order chi connectivity index (χ0) is 13.9. The predicted molar refractivity (Wildman–Crippen MR) is 85.7 cm³/mol. The molecule has 0 aromatic rings. The number of hydrogen-bond acceptors (Lipinski definition) is 2. The lowest BCUT2D eigenvalue weighted by molar-refractivity contribution is 0.294. The van der Waals surface area contributed by atoms with Crippen molar-refractivity contribution in [3.63, 3.8) is 0 Å². The van der Waals surface area contributed by atoms with E-state index in [-0.39, 0.29) is 0 Å². The van der Waals surface area contributed by atoms with Crippen LogP contribution in [-0.2, 0) is 0 Å². The molecule has 2 nitrogen and oxygen atoms in total. The molecule has 0 bridgehead atoms. The first-order valence-electron chi connectivity index (χ1n) is 8.75. The summed E-state index contributed by atoms with van der Waals surface area (Å²) in [5.41, 5.74) is 0. The molecule has 2 unspecified atom stereocenters. The Morgan fingerprint density at radius 3 is 2.47 bits per heavy atom. The van der Waals surface area contributed by atoms with Crippen molar-refractivity contribution in [2.75, 3.05) is 26.2 Å². The average Bonchev–Trinajstić information content (AvgIpc) is 2.65. The van der Waals surface area contributed by atoms with Crippen molar-refractivity contribution >= 4 is 0 Å². The van der Waals surface area contributed by atoms with Crippen LogP contribution in [0.3, 0.4) is 0 Å². The Morgan fingerprint density at radius 2 is 1.79 bits per heavy atom. The predicted octanol–water partition coefficient (Wildman–Crippen LogP) is 4.06. The maximum Gasteiger partial charge on any atom is 0.00671 e. The lowest BCUT2D eigenvalue weighted by Crippen LogP contribution is -2.32. The monoisotopic (exact) mass is 268 g/mol. The van der Waals surface area contributed by atoms with Crippen LogP contribution < -0.4 is 5.32 Å². The fraction of sp³-hybridized carbons (Fsp3) is 1.00. The summed E-state index contributed by atoms with van der Waals surface area (Å²) in [6.45, 7) is 11.7. The molecule has 2 heteroatoms. The van der Waals surface area contributed by atoms with E-state index in [1.165, 1.54) is 77.5 Å². The summed E-state index contributed by atoms with van der Waals surface area (Å²) >= 11 is 0. The van der Waals surface area contributed by atoms with Gasteiger partial charge in [0.1, 0.15) is 0 Å². The van der Waals surface area contributed by atoms with Crippen LogP contribution in [-0.4, -0.2) is 37.1 Å². The van der Waals surface area contributed by atoms with Crippen molar-refractivity contribution in [2.24, 2.45) is 5.92 Å². The zero-order valence-electron chi connectivity index (χ0n) is 13.6. The molecule has 0 radical (unpaired) electrons. The van der Waals surface area contributed by atoms with Gasteiger partial charge in [-0.25, -0.2) is 0 Å². The highest BCUT2D eigenvalue weighted by Crippen LogP contribution is 2.26. The summed E-state index contributed by atoms with van der Waals surface area (Å²) < 4.78 is 0. The Balaban J connectivity index is 2.09. The molecular weight excluding hydrogens is 232 g/mol. The Hall–Kier alpha value is -0.0800. The Kier molecular flexibility index (Phi) is 9.54. The fourth-order valence-electron chi connectivity index (χ4n) is 3.43. The van der Waals surface area contributed by atoms with Crippen LogP contribution in [0.2, 0.25) is 0 Å². The smallest absolute Gasteiger partial charge is 0.00671 e. The number of hydrogen-bond donors (Lipinski definition) is 1. The van der Waals surface area contributed by atoms with Crippen LogP contribution in [0.4, 0.5) is 0 Å². The molecule has 0 heterocycles. The second kappa shape index (κ2) is 10.7. The molecule has 1 saturated carbocycles. The zero-order valence-corrected chi connectivity index (χ0v) is 13.6. The Bertz CT molecular complexity index is 201. The molecule has 0 aromatic heterocycles. The Labute approximate surface area is 121 Å². The molecule has 0 aromatic carbocycles. The average molecular weight is 268 g/mol. The summed E-state index contributed by atoms with van der Waals surface area (Å²) in [7, 11) is 0. The van der Waals surface area contributed by atoms with E-state index in [1.807, 2.05) is 0 Å². The highest BCUT2D eigenvalue weighted by atomic mass is 15.1. The molecule has 19 heavy (non-hydrogen) atoms. The van der Waals surface area contributed by atoms with Gasteiger partial charge < -0.3 is 10.2 Å². The molecular formula is C17H36N2. The first kappa shape index (κ1) is 17.0. The maximum absolute atomic E-state index is 3.80. The van der Waals surface area contributed by atoms with E-state index in [9.17, 15) is 0 Å². The lowest BCUT2D eigenvalue weighted by atomic mass is 9.95. The minimum absolute atomic E-state index is 0.804. The highest BCUT2D eigenvalue weighted by molar-refractivity contribution is 4.75. The minimum Gasteiger partial charge on any atom is -0.314 e. The first-order chi connectivity index (χ1) is 9.30. The van der Waals surface area contributed by atoms with Crippen molar-refractivity contribution < 1.29 is 0 Å². The SMILES string of the molecule is CCCC1CCCC(NCCCN(CC)CC)CC1. The third-order valence-corrected chi connectivity index (χ3v) is 4.76. The summed E-state index contributed by atoms with van der Waals surface area (Å²) in [6, 6.07) is 0.804. The molecule has 0 saturated heterocycles. The topological polar surface area (TPSA) is 15.3 Å². The van der Waals surface area contributed by atoms with Gasteiger partial charge in [0.05, 0.1) is 0 Å². The highest BCUT2D eigenvalue weighted by Gasteiger charge is 2.17. The minimum atomic E-state index is 0.804. The summed E-state index contributed by atoms with van der Waals surface area (Å²) in [6.07, 6.45) is 11.3. The van der Waals surface area contributed by atoms with Gasteiger partial charge in [-0.2, -0.15) is 0 Å². The van der Waals surface area contributed by atoms with Gasteiger partial charge in [0.2, 0.25) is 0 Å². The fourth-order valence-corrected chi connectivity index (χ4v) is 3.43. The molecule has 1 aliphatic carbocycles. The van der Waals surface area contributed by atoms with Crippen molar-refractivity contribution in [1.82, 2.24) is 10.2 Å². The van der Waals surface area contributed by atoms with Crippen molar-refractivity contribution in [2.45, 2.75) is 78.2 Å². The van der Waals surface area contributed by atoms with Gasteiger partial charge in [0.15, 0.2) is 0 Å². The second-order valence-corrected chi connectivity index (χ2v) is 6.19. The Morgan fingerprint density at radius 1 is 1.00 bits per heavy atom. The molecule has 0 amide bonds. The van der Waals surface area contributed by atoms with E-state index in [1.54, 1.807) is 0 Å². The molecule has 1 N–H and O–H groups in total. The molecule has 2 atom stereocenters. The van der Waals surface area contributed by atoms with Gasteiger partial charge in [-0.05, 0) is 57.8 Å². The van der Waals surface area contributed by atoms with E-state index in [2.05, 4.69) is 31.0 Å². The van der Waals surface area contributed by atoms with Crippen LogP contribution in [0.1, 0.15) is 72.1 Å². The van der Waals surface area contributed by atoms with Crippen LogP contribution in [0.25, 0.3) is 0 Å². The second-order valence-electron chi connectivity index (χ2n) is 6.19. The van der Waals surface area contributed by atoms with E-state index in [4.69, 9.17) is 0 Å². The van der Waals surface area contributed by atoms with Crippen LogP contribution in [0.5, 0.6) is 0 Å². The van der Waals surface area contributed by atoms with Crippen LogP contribution in [0, 0.1) is 5.92 Å². The molecule has 0 aliphatic heterocycles. The molecule has 0 spiro atoms. The summed E-state index contributed by atoms with van der Waals surface area (Å²) in [5.74, 6) is 1.02. The summed E-state index contributed by atoms with van der Waals surface area (Å²) in [5, 5.41) is 3.80. The third-order valence-electron chi connectivity index (χ3n) is 4.76. The van der Waals surface area contributed by atoms with E-state index < -0.39 is 0 Å². The van der Waals surface area contributed by atoms with Gasteiger partial charge in [-0.1, -0.05) is 46.5 Å². The van der Waals surface area contributed by atoms with Gasteiger partial charge >= 0.3 is 0 Å². The van der Waals surface area contributed by atoms with Crippen molar-refractivity contribution in [1.29, 1.82) is 0 Å². The van der Waals surface area contributed by atoms with Gasteiger partial charge in [-0.3, -0.25) is 0 Å². The van der Waals surface area contributed by atoms with Gasteiger partial charge in [0.25, 0.3) is 0 Å². The van der Waals surface area contributed by atoms with E-state index in [0.29, 0.717) is 0 Å². The van der Waals surface area contributed by atoms with Crippen molar-refractivity contribution in [3.05, 3.63) is 0 Å². The molecule has 1 rings (SSSR count). The van der Waals surface area contributed by atoms with E-state index >= 15 is 0 Å². The molecule has 114 valence electrons. The normalized spacial score (nSPS) is 24.6. The summed E-state index contributed by atoms with van der Waals surface area (Å²) in [4.78, 5) is 2.52. The van der Waals surface area contributed by atoms with Crippen LogP contribution >= 0.6 is 0 Å². The van der Waals surface area contributed by atoms with E-state index in [0.717, 1.165) is 12.0 Å².